The van der Waals surface area contributed by atoms with E-state index in [0.29, 0.717) is 29.2 Å². The van der Waals surface area contributed by atoms with Crippen LogP contribution in [0.25, 0.3) is 0 Å². The summed E-state index contributed by atoms with van der Waals surface area (Å²) in [7, 11) is 0. The van der Waals surface area contributed by atoms with Crippen LogP contribution in [0.1, 0.15) is 23.2 Å². The molecule has 3 aliphatic heterocycles. The highest BCUT2D eigenvalue weighted by atomic mass is 32.2. The quantitative estimate of drug-likeness (QED) is 0.580. The largest absolute Gasteiger partial charge is 0.455 e. The van der Waals surface area contributed by atoms with Crippen molar-refractivity contribution in [2.45, 2.75) is 22.6 Å². The molecular formula is C20H15NO6S. The molecule has 0 spiro atoms. The van der Waals surface area contributed by atoms with Crippen molar-refractivity contribution in [2.75, 3.05) is 18.3 Å². The van der Waals surface area contributed by atoms with Crippen LogP contribution in [0.15, 0.2) is 47.4 Å². The second-order valence-electron chi connectivity index (χ2n) is 6.65. The molecule has 0 bridgehead atoms. The number of esters is 1. The van der Waals surface area contributed by atoms with Crippen molar-refractivity contribution in [2.24, 2.45) is 0 Å². The van der Waals surface area contributed by atoms with Gasteiger partial charge in [-0.1, -0.05) is 23.9 Å². The molecule has 5 rings (SSSR count). The number of anilines is 1. The van der Waals surface area contributed by atoms with Crippen molar-refractivity contribution in [3.05, 3.63) is 48.0 Å². The van der Waals surface area contributed by atoms with E-state index < -0.39 is 17.4 Å². The van der Waals surface area contributed by atoms with Crippen LogP contribution >= 0.6 is 11.8 Å². The number of carbonyl (C=O) groups is 3. The molecule has 8 heteroatoms. The standard InChI is InChI=1S/C20H15NO6S/c22-14(12-5-6-15-16(9-12)27-11-26-15)10-25-19(24)20-8-7-18(23)21(20)13-3-1-2-4-17(13)28-20/h1-6,9H,7-8,10-11H2. The first kappa shape index (κ1) is 17.1. The van der Waals surface area contributed by atoms with Crippen molar-refractivity contribution < 1.29 is 28.6 Å². The molecule has 7 nitrogen and oxygen atoms in total. The van der Waals surface area contributed by atoms with Crippen molar-refractivity contribution in [1.29, 1.82) is 0 Å². The molecule has 0 N–H and O–H groups in total. The van der Waals surface area contributed by atoms with Crippen LogP contribution < -0.4 is 14.4 Å². The lowest BCUT2D eigenvalue weighted by molar-refractivity contribution is -0.145. The van der Waals surface area contributed by atoms with E-state index in [9.17, 15) is 14.4 Å². The zero-order valence-electron chi connectivity index (χ0n) is 14.7. The number of fused-ring (bicyclic) bond motifs is 4. The minimum Gasteiger partial charge on any atom is -0.455 e. The fourth-order valence-electron chi connectivity index (χ4n) is 3.67. The van der Waals surface area contributed by atoms with E-state index in [2.05, 4.69) is 0 Å². The fraction of sp³-hybridized carbons (Fsp3) is 0.250. The summed E-state index contributed by atoms with van der Waals surface area (Å²) in [4.78, 5) is 39.1. The Bertz CT molecular complexity index is 1020. The maximum absolute atomic E-state index is 13.0. The Morgan fingerprint density at radius 1 is 1.14 bits per heavy atom. The summed E-state index contributed by atoms with van der Waals surface area (Å²) in [6.07, 6.45) is 0.620. The highest BCUT2D eigenvalue weighted by Crippen LogP contribution is 2.56. The summed E-state index contributed by atoms with van der Waals surface area (Å²) in [5.74, 6) is 0.0300. The van der Waals surface area contributed by atoms with Crippen molar-refractivity contribution >= 4 is 35.1 Å². The van der Waals surface area contributed by atoms with Gasteiger partial charge in [-0.2, -0.15) is 0 Å². The molecule has 0 aliphatic carbocycles. The van der Waals surface area contributed by atoms with Crippen molar-refractivity contribution in [3.8, 4) is 11.5 Å². The molecule has 0 aromatic heterocycles. The Morgan fingerprint density at radius 2 is 1.96 bits per heavy atom. The predicted molar refractivity (Wildman–Crippen MR) is 99.6 cm³/mol. The molecule has 1 atom stereocenters. The Kier molecular flexibility index (Phi) is 3.83. The van der Waals surface area contributed by atoms with Gasteiger partial charge in [0.15, 0.2) is 28.8 Å². The molecule has 3 heterocycles. The van der Waals surface area contributed by atoms with Gasteiger partial charge < -0.3 is 14.2 Å². The van der Waals surface area contributed by atoms with Gasteiger partial charge in [-0.3, -0.25) is 14.5 Å². The molecule has 2 aromatic rings. The van der Waals surface area contributed by atoms with Gasteiger partial charge >= 0.3 is 5.97 Å². The average Bonchev–Trinajstić information content (AvgIpc) is 3.39. The number of hydrogen-bond donors (Lipinski definition) is 0. The van der Waals surface area contributed by atoms with Gasteiger partial charge in [-0.25, -0.2) is 4.79 Å². The number of ether oxygens (including phenoxy) is 3. The molecule has 0 radical (unpaired) electrons. The van der Waals surface area contributed by atoms with Crippen LogP contribution in [0, 0.1) is 0 Å². The molecule has 28 heavy (non-hydrogen) atoms. The summed E-state index contributed by atoms with van der Waals surface area (Å²) in [5, 5.41) is 0. The lowest BCUT2D eigenvalue weighted by Gasteiger charge is -2.28. The number of amides is 1. The zero-order valence-corrected chi connectivity index (χ0v) is 15.5. The Hall–Kier alpha value is -3.00. The molecule has 1 fully saturated rings. The summed E-state index contributed by atoms with van der Waals surface area (Å²) >= 11 is 1.31. The topological polar surface area (TPSA) is 82.1 Å². The minimum atomic E-state index is -1.13. The molecular weight excluding hydrogens is 382 g/mol. The first-order valence-electron chi connectivity index (χ1n) is 8.80. The minimum absolute atomic E-state index is 0.114. The maximum Gasteiger partial charge on any atom is 0.343 e. The number of thioether (sulfide) groups is 1. The van der Waals surface area contributed by atoms with E-state index >= 15 is 0 Å². The van der Waals surface area contributed by atoms with E-state index in [1.54, 1.807) is 18.2 Å². The highest BCUT2D eigenvalue weighted by molar-refractivity contribution is 8.02. The van der Waals surface area contributed by atoms with E-state index in [4.69, 9.17) is 14.2 Å². The lowest BCUT2D eigenvalue weighted by atomic mass is 10.1. The molecule has 1 saturated heterocycles. The number of rotatable bonds is 4. The summed E-state index contributed by atoms with van der Waals surface area (Å²) in [6.45, 7) is -0.286. The van der Waals surface area contributed by atoms with Gasteiger partial charge in [0.25, 0.3) is 0 Å². The van der Waals surface area contributed by atoms with Crippen LogP contribution in [0.4, 0.5) is 5.69 Å². The number of ketones is 1. The molecule has 142 valence electrons. The zero-order chi connectivity index (χ0) is 19.3. The van der Waals surface area contributed by atoms with E-state index in [0.717, 1.165) is 4.90 Å². The number of Topliss-reactive ketones (excluding diaryl/α,β-unsaturated/α-hetero) is 1. The van der Waals surface area contributed by atoms with Crippen LogP contribution in [0.2, 0.25) is 0 Å². The Morgan fingerprint density at radius 3 is 2.86 bits per heavy atom. The number of carbonyl (C=O) groups excluding carboxylic acids is 3. The van der Waals surface area contributed by atoms with Gasteiger partial charge in [0.05, 0.1) is 5.69 Å². The predicted octanol–water partition coefficient (Wildman–Crippen LogP) is 2.77. The lowest BCUT2D eigenvalue weighted by Crippen LogP contribution is -2.48. The first-order chi connectivity index (χ1) is 13.6. The second-order valence-corrected chi connectivity index (χ2v) is 7.97. The summed E-state index contributed by atoms with van der Waals surface area (Å²) in [6, 6.07) is 12.2. The van der Waals surface area contributed by atoms with Gasteiger partial charge in [0.2, 0.25) is 12.7 Å². The highest BCUT2D eigenvalue weighted by Gasteiger charge is 2.58. The molecule has 0 saturated carbocycles. The van der Waals surface area contributed by atoms with Gasteiger partial charge in [-0.15, -0.1) is 0 Å². The molecule has 1 unspecified atom stereocenters. The summed E-state index contributed by atoms with van der Waals surface area (Å²) < 4.78 is 15.9. The van der Waals surface area contributed by atoms with Crippen LogP contribution in [-0.4, -0.2) is 35.9 Å². The van der Waals surface area contributed by atoms with Gasteiger partial charge in [-0.05, 0) is 30.3 Å². The summed E-state index contributed by atoms with van der Waals surface area (Å²) in [5.41, 5.74) is 1.09. The van der Waals surface area contributed by atoms with Crippen molar-refractivity contribution in [3.63, 3.8) is 0 Å². The number of benzene rings is 2. The van der Waals surface area contributed by atoms with Crippen LogP contribution in [-0.2, 0) is 14.3 Å². The Labute approximate surface area is 164 Å². The number of hydrogen-bond acceptors (Lipinski definition) is 7. The van der Waals surface area contributed by atoms with E-state index in [1.165, 1.54) is 16.7 Å². The average molecular weight is 397 g/mol. The molecule has 2 aromatic carbocycles. The number of para-hydroxylation sites is 1. The molecule has 3 aliphatic rings. The Balaban J connectivity index is 1.33. The smallest absolute Gasteiger partial charge is 0.343 e. The van der Waals surface area contributed by atoms with Crippen LogP contribution in [0.5, 0.6) is 11.5 Å². The third kappa shape index (κ3) is 2.48. The maximum atomic E-state index is 13.0. The normalized spacial score (nSPS) is 21.4. The number of nitrogens with zero attached hydrogens (tertiary/aromatic N) is 1. The van der Waals surface area contributed by atoms with E-state index in [-0.39, 0.29) is 24.9 Å². The third-order valence-corrected chi connectivity index (χ3v) is 6.48. The SMILES string of the molecule is O=C(COC(=O)C12CCC(=O)N1c1ccccc1S2)c1ccc2c(c1)OCO2. The third-order valence-electron chi connectivity index (χ3n) is 5.02. The second kappa shape index (κ2) is 6.27. The van der Waals surface area contributed by atoms with Gasteiger partial charge in [0, 0.05) is 23.3 Å². The van der Waals surface area contributed by atoms with Gasteiger partial charge in [0.1, 0.15) is 0 Å². The van der Waals surface area contributed by atoms with Crippen LogP contribution in [0.3, 0.4) is 0 Å². The monoisotopic (exact) mass is 397 g/mol. The fourth-order valence-corrected chi connectivity index (χ4v) is 5.08. The van der Waals surface area contributed by atoms with E-state index in [1.807, 2.05) is 24.3 Å². The molecule has 1 amide bonds. The first-order valence-corrected chi connectivity index (χ1v) is 9.61. The van der Waals surface area contributed by atoms with Crippen molar-refractivity contribution in [1.82, 2.24) is 0 Å².